The predicted octanol–water partition coefficient (Wildman–Crippen LogP) is 2.16. The molecule has 0 radical (unpaired) electrons. The molecule has 0 atom stereocenters. The van der Waals surface area contributed by atoms with Gasteiger partial charge in [-0.05, 0) is 59.1 Å². The van der Waals surface area contributed by atoms with Gasteiger partial charge < -0.3 is 4.74 Å². The Bertz CT molecular complexity index is 921. The summed E-state index contributed by atoms with van der Waals surface area (Å²) in [7, 11) is 1.53. The Balaban J connectivity index is 1.93. The molecule has 0 bridgehead atoms. The van der Waals surface area contributed by atoms with Crippen LogP contribution in [0.2, 0.25) is 0 Å². The van der Waals surface area contributed by atoms with Gasteiger partial charge in [0.1, 0.15) is 5.75 Å². The number of thiocarbonyl (C=S) groups is 1. The van der Waals surface area contributed by atoms with Crippen molar-refractivity contribution in [1.29, 1.82) is 0 Å². The van der Waals surface area contributed by atoms with Crippen molar-refractivity contribution in [2.45, 2.75) is 0 Å². The normalized spacial score (nSPS) is 9.85. The number of halogens is 1. The number of nitro benzene ring substituents is 1. The van der Waals surface area contributed by atoms with Crippen LogP contribution >= 0.6 is 34.8 Å². The molecule has 2 aromatic rings. The van der Waals surface area contributed by atoms with E-state index < -0.39 is 16.7 Å². The second kappa shape index (κ2) is 9.23. The van der Waals surface area contributed by atoms with E-state index in [-0.39, 0.29) is 16.4 Å². The zero-order valence-corrected chi connectivity index (χ0v) is 16.8. The zero-order chi connectivity index (χ0) is 20.0. The molecule has 0 unspecified atom stereocenters. The largest absolute Gasteiger partial charge is 0.496 e. The van der Waals surface area contributed by atoms with Crippen LogP contribution in [0.4, 0.5) is 5.69 Å². The van der Waals surface area contributed by atoms with Crippen molar-refractivity contribution in [3.63, 3.8) is 0 Å². The van der Waals surface area contributed by atoms with Crippen LogP contribution in [0, 0.1) is 13.7 Å². The SMILES string of the molecule is COc1ccc(C(=O)NC(=S)NNC(=O)c2cccc([N+](=O)[O-])c2)cc1I. The van der Waals surface area contributed by atoms with Crippen LogP contribution in [0.15, 0.2) is 42.5 Å². The first-order chi connectivity index (χ1) is 12.8. The third kappa shape index (κ3) is 5.59. The first-order valence-corrected chi connectivity index (χ1v) is 8.80. The van der Waals surface area contributed by atoms with E-state index in [9.17, 15) is 19.7 Å². The van der Waals surface area contributed by atoms with Gasteiger partial charge in [0.15, 0.2) is 5.11 Å². The molecule has 27 heavy (non-hydrogen) atoms. The number of ether oxygens (including phenoxy) is 1. The maximum atomic E-state index is 12.2. The third-order valence-electron chi connectivity index (χ3n) is 3.25. The topological polar surface area (TPSA) is 123 Å². The maximum Gasteiger partial charge on any atom is 0.270 e. The Morgan fingerprint density at radius 2 is 1.81 bits per heavy atom. The number of methoxy groups -OCH3 is 1. The van der Waals surface area contributed by atoms with Gasteiger partial charge in [0.05, 0.1) is 15.6 Å². The summed E-state index contributed by atoms with van der Waals surface area (Å²) in [6.45, 7) is 0. The van der Waals surface area contributed by atoms with Crippen molar-refractivity contribution in [2.24, 2.45) is 0 Å². The van der Waals surface area contributed by atoms with Gasteiger partial charge >= 0.3 is 0 Å². The molecule has 0 heterocycles. The lowest BCUT2D eigenvalue weighted by molar-refractivity contribution is -0.384. The number of carbonyl (C=O) groups excluding carboxylic acids is 2. The summed E-state index contributed by atoms with van der Waals surface area (Å²) in [4.78, 5) is 34.3. The molecule has 0 saturated heterocycles. The molecule has 3 N–H and O–H groups in total. The van der Waals surface area contributed by atoms with E-state index in [4.69, 9.17) is 17.0 Å². The number of nitrogens with zero attached hydrogens (tertiary/aromatic N) is 1. The Morgan fingerprint density at radius 3 is 2.44 bits per heavy atom. The van der Waals surface area contributed by atoms with Crippen molar-refractivity contribution in [3.05, 3.63) is 67.3 Å². The molecule has 0 aliphatic carbocycles. The minimum Gasteiger partial charge on any atom is -0.496 e. The molecule has 140 valence electrons. The maximum absolute atomic E-state index is 12.2. The second-order valence-electron chi connectivity index (χ2n) is 5.02. The highest BCUT2D eigenvalue weighted by Crippen LogP contribution is 2.21. The van der Waals surface area contributed by atoms with Crippen molar-refractivity contribution >= 4 is 57.4 Å². The number of hydrazine groups is 1. The number of nitro groups is 1. The average Bonchev–Trinajstić information content (AvgIpc) is 2.66. The van der Waals surface area contributed by atoms with Gasteiger partial charge in [0, 0.05) is 23.3 Å². The summed E-state index contributed by atoms with van der Waals surface area (Å²) in [6, 6.07) is 10.0. The zero-order valence-electron chi connectivity index (χ0n) is 13.8. The molecule has 0 aliphatic rings. The number of hydrogen-bond acceptors (Lipinski definition) is 6. The lowest BCUT2D eigenvalue weighted by atomic mass is 10.2. The molecule has 0 aromatic heterocycles. The Hall–Kier alpha value is -2.80. The van der Waals surface area contributed by atoms with Gasteiger partial charge in [-0.15, -0.1) is 0 Å². The van der Waals surface area contributed by atoms with Gasteiger partial charge in [-0.1, -0.05) is 6.07 Å². The fourth-order valence-corrected chi connectivity index (χ4v) is 2.84. The molecule has 0 aliphatic heterocycles. The summed E-state index contributed by atoms with van der Waals surface area (Å²) in [5.41, 5.74) is 4.84. The summed E-state index contributed by atoms with van der Waals surface area (Å²) in [5, 5.41) is 13.0. The highest BCUT2D eigenvalue weighted by atomic mass is 127. The van der Waals surface area contributed by atoms with Gasteiger partial charge in [0.25, 0.3) is 17.5 Å². The van der Waals surface area contributed by atoms with Crippen LogP contribution in [0.3, 0.4) is 0 Å². The number of nitrogens with one attached hydrogen (secondary N) is 3. The number of amides is 2. The molecule has 9 nitrogen and oxygen atoms in total. The van der Waals surface area contributed by atoms with Crippen LogP contribution in [0.25, 0.3) is 0 Å². The van der Waals surface area contributed by atoms with Gasteiger partial charge in [-0.3, -0.25) is 35.9 Å². The number of hydrogen-bond donors (Lipinski definition) is 3. The van der Waals surface area contributed by atoms with Crippen molar-refractivity contribution in [2.75, 3.05) is 7.11 Å². The molecule has 2 rings (SSSR count). The summed E-state index contributed by atoms with van der Waals surface area (Å²) >= 11 is 6.99. The Morgan fingerprint density at radius 1 is 1.11 bits per heavy atom. The van der Waals surface area contributed by atoms with Crippen LogP contribution in [-0.2, 0) is 0 Å². The van der Waals surface area contributed by atoms with Crippen molar-refractivity contribution < 1.29 is 19.2 Å². The lowest BCUT2D eigenvalue weighted by Gasteiger charge is -2.11. The highest BCUT2D eigenvalue weighted by Gasteiger charge is 2.13. The van der Waals surface area contributed by atoms with Crippen LogP contribution in [-0.4, -0.2) is 29.0 Å². The van der Waals surface area contributed by atoms with E-state index in [1.807, 2.05) is 22.6 Å². The van der Waals surface area contributed by atoms with Crippen LogP contribution < -0.4 is 20.9 Å². The monoisotopic (exact) mass is 500 g/mol. The standard InChI is InChI=1S/C16H13IN4O5S/c1-26-13-6-5-10(8-12(13)17)14(22)18-16(27)20-19-15(23)9-3-2-4-11(7-9)21(24)25/h2-8H,1H3,(H,19,23)(H2,18,20,22,27). The lowest BCUT2D eigenvalue weighted by Crippen LogP contribution is -2.48. The van der Waals surface area contributed by atoms with Crippen molar-refractivity contribution in [3.8, 4) is 5.75 Å². The molecule has 0 spiro atoms. The number of benzene rings is 2. The van der Waals surface area contributed by atoms with E-state index in [1.165, 1.54) is 25.3 Å². The molecule has 2 amide bonds. The van der Waals surface area contributed by atoms with Crippen LogP contribution in [0.1, 0.15) is 20.7 Å². The first-order valence-electron chi connectivity index (χ1n) is 7.31. The van der Waals surface area contributed by atoms with E-state index >= 15 is 0 Å². The molecule has 0 fully saturated rings. The third-order valence-corrected chi connectivity index (χ3v) is 4.30. The number of carbonyl (C=O) groups is 2. The van der Waals surface area contributed by atoms with E-state index in [2.05, 4.69) is 16.2 Å². The Labute approximate surface area is 172 Å². The molecular formula is C16H13IN4O5S. The molecule has 2 aromatic carbocycles. The highest BCUT2D eigenvalue weighted by molar-refractivity contribution is 14.1. The van der Waals surface area contributed by atoms with Gasteiger partial charge in [-0.2, -0.15) is 0 Å². The first kappa shape index (κ1) is 20.5. The smallest absolute Gasteiger partial charge is 0.270 e. The fourth-order valence-electron chi connectivity index (χ4n) is 1.96. The number of non-ortho nitro benzene ring substituents is 1. The Kier molecular flexibility index (Phi) is 7.01. The van der Waals surface area contributed by atoms with Crippen LogP contribution in [0.5, 0.6) is 5.75 Å². The van der Waals surface area contributed by atoms with Gasteiger partial charge in [-0.25, -0.2) is 0 Å². The fraction of sp³-hybridized carbons (Fsp3) is 0.0625. The van der Waals surface area contributed by atoms with Gasteiger partial charge in [0.2, 0.25) is 0 Å². The summed E-state index contributed by atoms with van der Waals surface area (Å²) in [5.74, 6) is -0.482. The summed E-state index contributed by atoms with van der Waals surface area (Å²) in [6.07, 6.45) is 0. The number of rotatable bonds is 4. The minimum atomic E-state index is -0.644. The molecular weight excluding hydrogens is 487 g/mol. The van der Waals surface area contributed by atoms with E-state index in [0.29, 0.717) is 11.3 Å². The second-order valence-corrected chi connectivity index (χ2v) is 6.59. The minimum absolute atomic E-state index is 0.0653. The summed E-state index contributed by atoms with van der Waals surface area (Å²) < 4.78 is 5.87. The molecule has 11 heteroatoms. The predicted molar refractivity (Wildman–Crippen MR) is 109 cm³/mol. The van der Waals surface area contributed by atoms with E-state index in [0.717, 1.165) is 9.64 Å². The molecule has 0 saturated carbocycles. The van der Waals surface area contributed by atoms with E-state index in [1.54, 1.807) is 18.2 Å². The average molecular weight is 500 g/mol. The quantitative estimate of drug-likeness (QED) is 0.255. The van der Waals surface area contributed by atoms with Crippen molar-refractivity contribution in [1.82, 2.24) is 16.2 Å².